The van der Waals surface area contributed by atoms with Crippen LogP contribution in [0.5, 0.6) is 0 Å². The van der Waals surface area contributed by atoms with E-state index in [0.717, 1.165) is 16.8 Å². The van der Waals surface area contributed by atoms with Crippen LogP contribution in [0.3, 0.4) is 0 Å². The number of piperazine rings is 1. The van der Waals surface area contributed by atoms with Gasteiger partial charge in [0.25, 0.3) is 0 Å². The van der Waals surface area contributed by atoms with Crippen LogP contribution in [0.2, 0.25) is 0 Å². The minimum Gasteiger partial charge on any atom is -0.448 e. The normalized spacial score (nSPS) is 14.8. The van der Waals surface area contributed by atoms with E-state index in [1.165, 1.54) is 22.3 Å². The van der Waals surface area contributed by atoms with Crippen LogP contribution < -0.4 is 4.90 Å². The molecule has 5 rings (SSSR count). The van der Waals surface area contributed by atoms with Gasteiger partial charge in [0.05, 0.1) is 0 Å². The van der Waals surface area contributed by atoms with E-state index in [4.69, 9.17) is 10.3 Å². The second-order valence-electron chi connectivity index (χ2n) is 8.87. The first kappa shape index (κ1) is 23.1. The highest BCUT2D eigenvalue weighted by molar-refractivity contribution is 7.79. The van der Waals surface area contributed by atoms with Gasteiger partial charge in [0.1, 0.15) is 6.61 Å². The second-order valence-corrected chi connectivity index (χ2v) is 9.19. The number of benzene rings is 3. The summed E-state index contributed by atoms with van der Waals surface area (Å²) < 4.78 is 5.83. The van der Waals surface area contributed by atoms with Crippen molar-refractivity contribution in [1.82, 2.24) is 4.90 Å². The lowest BCUT2D eigenvalue weighted by atomic mass is 9.98. The predicted molar refractivity (Wildman–Crippen MR) is 142 cm³/mol. The number of ether oxygens (including phenoxy) is 1. The molecule has 1 fully saturated rings. The first-order valence-corrected chi connectivity index (χ1v) is 12.4. The molecule has 3 aromatic carbocycles. The molecule has 1 aliphatic carbocycles. The fraction of sp³-hybridized carbons (Fsp3) is 0.296. The molecule has 0 unspecified atom stereocenters. The fourth-order valence-corrected chi connectivity index (χ4v) is 5.49. The lowest BCUT2D eigenvalue weighted by Crippen LogP contribution is -2.49. The van der Waals surface area contributed by atoms with E-state index < -0.39 is 0 Å². The number of azide groups is 1. The van der Waals surface area contributed by atoms with Crippen LogP contribution in [-0.2, 0) is 10.5 Å². The van der Waals surface area contributed by atoms with Crippen molar-refractivity contribution in [3.05, 3.63) is 93.4 Å². The average Bonchev–Trinajstić information content (AvgIpc) is 3.22. The molecular weight excluding hydrogens is 458 g/mol. The predicted octanol–water partition coefficient (Wildman–Crippen LogP) is 6.44. The van der Waals surface area contributed by atoms with Gasteiger partial charge in [-0.05, 0) is 58.0 Å². The number of carbonyl (C=O) groups is 1. The summed E-state index contributed by atoms with van der Waals surface area (Å²) in [6.07, 6.45) is -0.276. The van der Waals surface area contributed by atoms with Crippen molar-refractivity contribution in [2.75, 3.05) is 37.7 Å². The molecule has 0 saturated carbocycles. The molecule has 1 heterocycles. The van der Waals surface area contributed by atoms with E-state index in [9.17, 15) is 4.79 Å². The molecule has 0 radical (unpaired) electrons. The van der Waals surface area contributed by atoms with Crippen LogP contribution in [0.25, 0.3) is 21.6 Å². The molecule has 0 N–H and O–H groups in total. The summed E-state index contributed by atoms with van der Waals surface area (Å²) >= 11 is 4.42. The van der Waals surface area contributed by atoms with Crippen molar-refractivity contribution in [2.24, 2.45) is 5.11 Å². The smallest absolute Gasteiger partial charge is 0.409 e. The Kier molecular flexibility index (Phi) is 6.57. The molecule has 0 spiro atoms. The second kappa shape index (κ2) is 9.94. The van der Waals surface area contributed by atoms with Gasteiger partial charge < -0.3 is 14.5 Å². The Morgan fingerprint density at radius 3 is 2.29 bits per heavy atom. The van der Waals surface area contributed by atoms with Gasteiger partial charge >= 0.3 is 6.09 Å². The SMILES string of the molecule is Cc1c(CS)cc(N=[N+]=[N-])cc1N1CCN(C(=O)OCC2c3ccccc3-c3ccccc32)CC1. The van der Waals surface area contributed by atoms with Crippen molar-refractivity contribution in [3.63, 3.8) is 0 Å². The Morgan fingerprint density at radius 1 is 1.06 bits per heavy atom. The first-order valence-electron chi connectivity index (χ1n) is 11.7. The van der Waals surface area contributed by atoms with Gasteiger partial charge in [0.15, 0.2) is 0 Å². The maximum atomic E-state index is 12.9. The number of hydrogen-bond donors (Lipinski definition) is 1. The van der Waals surface area contributed by atoms with Crippen LogP contribution in [0, 0.1) is 6.92 Å². The number of anilines is 1. The number of amides is 1. The minimum atomic E-state index is -0.276. The minimum absolute atomic E-state index is 0.0540. The summed E-state index contributed by atoms with van der Waals surface area (Å²) in [4.78, 5) is 19.9. The quantitative estimate of drug-likeness (QED) is 0.195. The van der Waals surface area contributed by atoms with Gasteiger partial charge in [-0.15, -0.1) is 0 Å². The fourth-order valence-electron chi connectivity index (χ4n) is 5.16. The Labute approximate surface area is 210 Å². The highest BCUT2D eigenvalue weighted by Gasteiger charge is 2.30. The van der Waals surface area contributed by atoms with Crippen molar-refractivity contribution in [2.45, 2.75) is 18.6 Å². The molecule has 2 aliphatic rings. The Morgan fingerprint density at radius 2 is 1.69 bits per heavy atom. The number of nitrogens with zero attached hydrogens (tertiary/aromatic N) is 5. The highest BCUT2D eigenvalue weighted by atomic mass is 32.1. The van der Waals surface area contributed by atoms with E-state index in [0.29, 0.717) is 44.2 Å². The zero-order chi connectivity index (χ0) is 24.4. The van der Waals surface area contributed by atoms with Gasteiger partial charge in [-0.1, -0.05) is 53.6 Å². The van der Waals surface area contributed by atoms with E-state index >= 15 is 0 Å². The van der Waals surface area contributed by atoms with E-state index in [-0.39, 0.29) is 12.0 Å². The zero-order valence-electron chi connectivity index (χ0n) is 19.6. The monoisotopic (exact) mass is 485 g/mol. The van der Waals surface area contributed by atoms with E-state index in [2.05, 4.69) is 58.7 Å². The molecule has 0 aromatic heterocycles. The summed E-state index contributed by atoms with van der Waals surface area (Å²) in [5.41, 5.74) is 17.5. The van der Waals surface area contributed by atoms with E-state index in [1.54, 1.807) is 4.90 Å². The van der Waals surface area contributed by atoms with Crippen LogP contribution in [0.4, 0.5) is 16.2 Å². The van der Waals surface area contributed by atoms with Crippen LogP contribution in [0.15, 0.2) is 65.8 Å². The Bertz CT molecular complexity index is 1270. The lowest BCUT2D eigenvalue weighted by Gasteiger charge is -2.36. The topological polar surface area (TPSA) is 81.5 Å². The molecule has 0 bridgehead atoms. The summed E-state index contributed by atoms with van der Waals surface area (Å²) in [7, 11) is 0. The average molecular weight is 486 g/mol. The molecule has 0 atom stereocenters. The van der Waals surface area contributed by atoms with E-state index in [1.807, 2.05) is 36.4 Å². The zero-order valence-corrected chi connectivity index (χ0v) is 20.5. The summed E-state index contributed by atoms with van der Waals surface area (Å²) in [6.45, 7) is 4.87. The van der Waals surface area contributed by atoms with Crippen LogP contribution >= 0.6 is 12.6 Å². The van der Waals surface area contributed by atoms with Crippen molar-refractivity contribution in [3.8, 4) is 11.1 Å². The van der Waals surface area contributed by atoms with Gasteiger partial charge in [-0.2, -0.15) is 12.6 Å². The molecule has 7 nitrogen and oxygen atoms in total. The molecule has 178 valence electrons. The largest absolute Gasteiger partial charge is 0.448 e. The third-order valence-electron chi connectivity index (χ3n) is 7.02. The molecule has 35 heavy (non-hydrogen) atoms. The highest BCUT2D eigenvalue weighted by Crippen LogP contribution is 2.44. The van der Waals surface area contributed by atoms with Gasteiger partial charge in [-0.25, -0.2) is 4.79 Å². The number of fused-ring (bicyclic) bond motifs is 3. The lowest BCUT2D eigenvalue weighted by molar-refractivity contribution is 0.0977. The number of hydrogen-bond acceptors (Lipinski definition) is 5. The molecule has 1 aliphatic heterocycles. The summed E-state index contributed by atoms with van der Waals surface area (Å²) in [5.74, 6) is 0.617. The van der Waals surface area contributed by atoms with Crippen LogP contribution in [0.1, 0.15) is 28.2 Å². The Balaban J connectivity index is 1.24. The molecule has 8 heteroatoms. The van der Waals surface area contributed by atoms with Gasteiger partial charge in [0, 0.05) is 54.1 Å². The van der Waals surface area contributed by atoms with Crippen molar-refractivity contribution in [1.29, 1.82) is 0 Å². The van der Waals surface area contributed by atoms with Crippen molar-refractivity contribution >= 4 is 30.1 Å². The third kappa shape index (κ3) is 4.43. The standard InChI is InChI=1S/C27H27N5O2S/c1-18-19(17-35)14-20(29-30-28)15-26(18)31-10-12-32(13-11-31)27(33)34-16-25-23-8-4-2-6-21(23)22-7-3-5-9-24(22)25/h2-9,14-15,25,35H,10-13,16-17H2,1H3. The van der Waals surface area contributed by atoms with Gasteiger partial charge in [-0.3, -0.25) is 0 Å². The first-order chi connectivity index (χ1) is 17.1. The maximum Gasteiger partial charge on any atom is 0.409 e. The molecule has 3 aromatic rings. The van der Waals surface area contributed by atoms with Gasteiger partial charge in [0.2, 0.25) is 0 Å². The Hall–Kier alpha value is -3.61. The molecule has 1 amide bonds. The number of rotatable bonds is 5. The molecule has 1 saturated heterocycles. The summed E-state index contributed by atoms with van der Waals surface area (Å²) in [5, 5.41) is 3.78. The summed E-state index contributed by atoms with van der Waals surface area (Å²) in [6, 6.07) is 20.5. The molecular formula is C27H27N5O2S. The van der Waals surface area contributed by atoms with Crippen LogP contribution in [-0.4, -0.2) is 43.8 Å². The number of carbonyl (C=O) groups excluding carboxylic acids is 1. The van der Waals surface area contributed by atoms with Crippen molar-refractivity contribution < 1.29 is 9.53 Å². The third-order valence-corrected chi connectivity index (χ3v) is 7.36. The maximum absolute atomic E-state index is 12.9. The number of thiol groups is 1.